The molecular weight excluding hydrogens is 372 g/mol. The molecule has 0 aliphatic carbocycles. The third-order valence-corrected chi connectivity index (χ3v) is 4.15. The van der Waals surface area contributed by atoms with Crippen molar-refractivity contribution in [1.82, 2.24) is 9.97 Å². The van der Waals surface area contributed by atoms with Crippen LogP contribution in [0.2, 0.25) is 0 Å². The van der Waals surface area contributed by atoms with E-state index in [4.69, 9.17) is 14.2 Å². The number of carbonyl (C=O) groups excluding carboxylic acids is 1. The summed E-state index contributed by atoms with van der Waals surface area (Å²) in [5.74, 6) is 2.26. The minimum Gasteiger partial charge on any atom is -0.497 e. The molecule has 2 aromatic carbocycles. The normalized spacial score (nSPS) is 10.2. The van der Waals surface area contributed by atoms with E-state index in [1.807, 2.05) is 18.2 Å². The van der Waals surface area contributed by atoms with E-state index in [1.54, 1.807) is 45.6 Å². The van der Waals surface area contributed by atoms with Crippen LogP contribution in [0.1, 0.15) is 16.1 Å². The molecular formula is C21H22N4O4. The molecule has 150 valence electrons. The van der Waals surface area contributed by atoms with E-state index in [2.05, 4.69) is 20.6 Å². The lowest BCUT2D eigenvalue weighted by Gasteiger charge is -2.10. The summed E-state index contributed by atoms with van der Waals surface area (Å²) in [6.45, 7) is 0.520. The molecule has 2 N–H and O–H groups in total. The zero-order chi connectivity index (χ0) is 20.6. The second-order valence-corrected chi connectivity index (χ2v) is 6.01. The first-order valence-corrected chi connectivity index (χ1v) is 8.85. The summed E-state index contributed by atoms with van der Waals surface area (Å²) in [5.41, 5.74) is 1.86. The molecule has 0 unspecified atom stereocenters. The second-order valence-electron chi connectivity index (χ2n) is 6.01. The molecule has 3 aromatic rings. The minimum absolute atomic E-state index is 0.220. The van der Waals surface area contributed by atoms with Gasteiger partial charge in [0.15, 0.2) is 11.5 Å². The van der Waals surface area contributed by atoms with Crippen molar-refractivity contribution in [2.45, 2.75) is 6.54 Å². The largest absolute Gasteiger partial charge is 0.497 e. The predicted octanol–water partition coefficient (Wildman–Crippen LogP) is 3.37. The van der Waals surface area contributed by atoms with Crippen molar-refractivity contribution < 1.29 is 19.0 Å². The topological polar surface area (TPSA) is 94.6 Å². The van der Waals surface area contributed by atoms with Crippen LogP contribution >= 0.6 is 0 Å². The summed E-state index contributed by atoms with van der Waals surface area (Å²) in [6, 6.07) is 12.7. The third-order valence-electron chi connectivity index (χ3n) is 4.15. The first kappa shape index (κ1) is 19.9. The molecule has 29 heavy (non-hydrogen) atoms. The molecule has 0 saturated heterocycles. The van der Waals surface area contributed by atoms with Crippen LogP contribution in [0.4, 0.5) is 11.5 Å². The van der Waals surface area contributed by atoms with E-state index in [1.165, 1.54) is 12.4 Å². The highest BCUT2D eigenvalue weighted by Gasteiger charge is 2.09. The minimum atomic E-state index is -0.339. The van der Waals surface area contributed by atoms with Gasteiger partial charge in [-0.25, -0.2) is 9.97 Å². The molecule has 0 bridgehead atoms. The number of benzene rings is 2. The van der Waals surface area contributed by atoms with E-state index >= 15 is 0 Å². The van der Waals surface area contributed by atoms with E-state index in [-0.39, 0.29) is 11.6 Å². The fraction of sp³-hybridized carbons (Fsp3) is 0.190. The fourth-order valence-corrected chi connectivity index (χ4v) is 2.59. The number of hydrogen-bond donors (Lipinski definition) is 2. The van der Waals surface area contributed by atoms with Gasteiger partial charge in [0.2, 0.25) is 0 Å². The average molecular weight is 394 g/mol. The SMILES string of the molecule is COc1ccc(NC(=O)c2cnc(NCc3ccc(OC)c(OC)c3)cn2)cc1. The van der Waals surface area contributed by atoms with Crippen LogP contribution in [0.15, 0.2) is 54.9 Å². The Morgan fingerprint density at radius 1 is 0.897 bits per heavy atom. The Labute approximate surface area is 168 Å². The van der Waals surface area contributed by atoms with E-state index in [0.29, 0.717) is 35.3 Å². The van der Waals surface area contributed by atoms with Crippen molar-refractivity contribution in [3.05, 3.63) is 66.1 Å². The Morgan fingerprint density at radius 2 is 1.66 bits per heavy atom. The van der Waals surface area contributed by atoms with E-state index in [0.717, 1.165) is 5.56 Å². The lowest BCUT2D eigenvalue weighted by atomic mass is 10.2. The molecule has 1 amide bonds. The van der Waals surface area contributed by atoms with Gasteiger partial charge in [0.05, 0.1) is 33.7 Å². The summed E-state index contributed by atoms with van der Waals surface area (Å²) >= 11 is 0. The second kappa shape index (κ2) is 9.41. The summed E-state index contributed by atoms with van der Waals surface area (Å²) in [4.78, 5) is 20.7. The van der Waals surface area contributed by atoms with Crippen molar-refractivity contribution in [2.75, 3.05) is 32.0 Å². The monoisotopic (exact) mass is 394 g/mol. The standard InChI is InChI=1S/C21H22N4O4/c1-27-16-7-5-15(6-8-16)25-21(26)17-12-24-20(13-22-17)23-11-14-4-9-18(28-2)19(10-14)29-3/h4-10,12-13H,11H2,1-3H3,(H,23,24)(H,25,26). The number of nitrogens with zero attached hydrogens (tertiary/aromatic N) is 2. The van der Waals surface area contributed by atoms with Gasteiger partial charge in [-0.05, 0) is 42.0 Å². The highest BCUT2D eigenvalue weighted by Crippen LogP contribution is 2.27. The molecule has 0 aliphatic heterocycles. The molecule has 0 saturated carbocycles. The molecule has 8 nitrogen and oxygen atoms in total. The highest BCUT2D eigenvalue weighted by atomic mass is 16.5. The van der Waals surface area contributed by atoms with Gasteiger partial charge in [-0.1, -0.05) is 6.07 Å². The van der Waals surface area contributed by atoms with Gasteiger partial charge in [-0.15, -0.1) is 0 Å². The van der Waals surface area contributed by atoms with Gasteiger partial charge in [-0.2, -0.15) is 0 Å². The molecule has 3 rings (SSSR count). The molecule has 0 spiro atoms. The van der Waals surface area contributed by atoms with Crippen LogP contribution in [-0.2, 0) is 6.54 Å². The molecule has 1 aromatic heterocycles. The van der Waals surface area contributed by atoms with Gasteiger partial charge >= 0.3 is 0 Å². The zero-order valence-corrected chi connectivity index (χ0v) is 16.4. The summed E-state index contributed by atoms with van der Waals surface area (Å²) in [7, 11) is 4.78. The van der Waals surface area contributed by atoms with Crippen molar-refractivity contribution >= 4 is 17.4 Å². The van der Waals surface area contributed by atoms with Crippen LogP contribution in [0, 0.1) is 0 Å². The van der Waals surface area contributed by atoms with Gasteiger partial charge < -0.3 is 24.8 Å². The Morgan fingerprint density at radius 3 is 2.28 bits per heavy atom. The smallest absolute Gasteiger partial charge is 0.275 e. The van der Waals surface area contributed by atoms with Gasteiger partial charge in [0, 0.05) is 12.2 Å². The number of amides is 1. The maximum Gasteiger partial charge on any atom is 0.275 e. The van der Waals surface area contributed by atoms with Crippen LogP contribution in [-0.4, -0.2) is 37.2 Å². The van der Waals surface area contributed by atoms with E-state index < -0.39 is 0 Å². The predicted molar refractivity (Wildman–Crippen MR) is 110 cm³/mol. The Hall–Kier alpha value is -3.81. The van der Waals surface area contributed by atoms with Crippen molar-refractivity contribution in [3.63, 3.8) is 0 Å². The third kappa shape index (κ3) is 5.13. The molecule has 0 radical (unpaired) electrons. The molecule has 0 atom stereocenters. The lowest BCUT2D eigenvalue weighted by molar-refractivity contribution is 0.102. The summed E-state index contributed by atoms with van der Waals surface area (Å²) < 4.78 is 15.6. The van der Waals surface area contributed by atoms with Crippen molar-refractivity contribution in [2.24, 2.45) is 0 Å². The summed E-state index contributed by atoms with van der Waals surface area (Å²) in [5, 5.41) is 5.93. The van der Waals surface area contributed by atoms with Gasteiger partial charge in [0.1, 0.15) is 17.3 Å². The maximum atomic E-state index is 12.3. The van der Waals surface area contributed by atoms with Crippen LogP contribution < -0.4 is 24.8 Å². The Bertz CT molecular complexity index is 959. The number of carbonyl (C=O) groups is 1. The first-order valence-electron chi connectivity index (χ1n) is 8.85. The Balaban J connectivity index is 1.58. The quantitative estimate of drug-likeness (QED) is 0.605. The highest BCUT2D eigenvalue weighted by molar-refractivity contribution is 6.02. The van der Waals surface area contributed by atoms with Gasteiger partial charge in [0.25, 0.3) is 5.91 Å². The number of rotatable bonds is 8. The average Bonchev–Trinajstić information content (AvgIpc) is 2.78. The summed E-state index contributed by atoms with van der Waals surface area (Å²) in [6.07, 6.45) is 2.94. The van der Waals surface area contributed by atoms with Crippen molar-refractivity contribution in [1.29, 1.82) is 0 Å². The van der Waals surface area contributed by atoms with Crippen molar-refractivity contribution in [3.8, 4) is 17.2 Å². The van der Waals surface area contributed by atoms with Crippen LogP contribution in [0.3, 0.4) is 0 Å². The van der Waals surface area contributed by atoms with Gasteiger partial charge in [-0.3, -0.25) is 4.79 Å². The molecule has 0 fully saturated rings. The fourth-order valence-electron chi connectivity index (χ4n) is 2.59. The molecule has 8 heteroatoms. The number of hydrogen-bond acceptors (Lipinski definition) is 7. The number of aromatic nitrogens is 2. The lowest BCUT2D eigenvalue weighted by Crippen LogP contribution is -2.14. The number of nitrogens with one attached hydrogen (secondary N) is 2. The first-order chi connectivity index (χ1) is 14.1. The maximum absolute atomic E-state index is 12.3. The zero-order valence-electron chi connectivity index (χ0n) is 16.4. The van der Waals surface area contributed by atoms with E-state index in [9.17, 15) is 4.79 Å². The van der Waals surface area contributed by atoms with Crippen LogP contribution in [0.5, 0.6) is 17.2 Å². The number of ether oxygens (including phenoxy) is 3. The number of methoxy groups -OCH3 is 3. The Kier molecular flexibility index (Phi) is 6.47. The molecule has 0 aliphatic rings. The van der Waals surface area contributed by atoms with Crippen LogP contribution in [0.25, 0.3) is 0 Å². The number of anilines is 2. The molecule has 1 heterocycles.